The summed E-state index contributed by atoms with van der Waals surface area (Å²) in [4.78, 5) is 4.34. The Hall–Kier alpha value is -1.31. The van der Waals surface area contributed by atoms with E-state index in [2.05, 4.69) is 10.3 Å². The van der Waals surface area contributed by atoms with E-state index in [4.69, 9.17) is 22.1 Å². The van der Waals surface area contributed by atoms with Gasteiger partial charge >= 0.3 is 0 Å². The molecule has 0 aliphatic rings. The van der Waals surface area contributed by atoms with Gasteiger partial charge in [-0.25, -0.2) is 0 Å². The minimum absolute atomic E-state index is 0. The van der Waals surface area contributed by atoms with Gasteiger partial charge in [0.2, 0.25) is 0 Å². The normalized spacial score (nSPS) is 11.0. The third-order valence-corrected chi connectivity index (χ3v) is 3.57. The van der Waals surface area contributed by atoms with E-state index in [9.17, 15) is 0 Å². The summed E-state index contributed by atoms with van der Waals surface area (Å²) in [5.74, 6) is 0.385. The molecule has 3 N–H and O–H groups in total. The summed E-state index contributed by atoms with van der Waals surface area (Å²) in [6, 6.07) is 15.6. The minimum atomic E-state index is 0. The Morgan fingerprint density at radius 1 is 1.13 bits per heavy atom. The highest BCUT2D eigenvalue weighted by Gasteiger charge is 2.03. The number of hydrogen-bond acceptors (Lipinski definition) is 2. The first-order valence-corrected chi connectivity index (χ1v) is 7.45. The van der Waals surface area contributed by atoms with Crippen LogP contribution >= 0.6 is 35.6 Å². The number of rotatable bonds is 6. The summed E-state index contributed by atoms with van der Waals surface area (Å²) < 4.78 is 5.17. The highest BCUT2D eigenvalue weighted by Crippen LogP contribution is 2.16. The maximum absolute atomic E-state index is 6.12. The molecule has 2 rings (SSSR count). The van der Waals surface area contributed by atoms with Crippen LogP contribution in [0.1, 0.15) is 11.1 Å². The molecule has 124 valence electrons. The molecule has 0 aliphatic heterocycles. The SMILES string of the molecule is COCc1ccccc1NC(N)=NCCc1ccccc1Cl.I. The molecule has 0 fully saturated rings. The molecule has 0 saturated heterocycles. The molecule has 0 atom stereocenters. The summed E-state index contributed by atoms with van der Waals surface area (Å²) in [7, 11) is 1.66. The number of ether oxygens (including phenoxy) is 1. The van der Waals surface area contributed by atoms with E-state index in [-0.39, 0.29) is 24.0 Å². The van der Waals surface area contributed by atoms with E-state index in [0.29, 0.717) is 19.1 Å². The first-order chi connectivity index (χ1) is 10.7. The highest BCUT2D eigenvalue weighted by atomic mass is 127. The van der Waals surface area contributed by atoms with Crippen molar-refractivity contribution in [3.8, 4) is 0 Å². The summed E-state index contributed by atoms with van der Waals surface area (Å²) in [5, 5.41) is 3.87. The quantitative estimate of drug-likeness (QED) is 0.400. The highest BCUT2D eigenvalue weighted by molar-refractivity contribution is 14.0. The van der Waals surface area contributed by atoms with Crippen molar-refractivity contribution in [2.45, 2.75) is 13.0 Å². The van der Waals surface area contributed by atoms with Crippen LogP contribution in [0.15, 0.2) is 53.5 Å². The molecule has 0 aliphatic carbocycles. The maximum Gasteiger partial charge on any atom is 0.193 e. The third kappa shape index (κ3) is 6.37. The molecular formula is C17H21ClIN3O. The zero-order chi connectivity index (χ0) is 15.8. The first kappa shape index (κ1) is 19.7. The van der Waals surface area contributed by atoms with Gasteiger partial charge < -0.3 is 15.8 Å². The van der Waals surface area contributed by atoms with Gasteiger partial charge in [-0.2, -0.15) is 0 Å². The fraction of sp³-hybridized carbons (Fsp3) is 0.235. The Labute approximate surface area is 159 Å². The second-order valence-corrected chi connectivity index (χ2v) is 5.23. The van der Waals surface area contributed by atoms with E-state index in [0.717, 1.165) is 28.3 Å². The number of benzene rings is 2. The standard InChI is InChI=1S/C17H20ClN3O.HI/c1-22-12-14-7-3-5-9-16(14)21-17(19)20-11-10-13-6-2-4-8-15(13)18;/h2-9H,10-12H2,1H3,(H3,19,20,21);1H. The smallest absolute Gasteiger partial charge is 0.193 e. The molecule has 0 bridgehead atoms. The van der Waals surface area contributed by atoms with Crippen molar-refractivity contribution in [3.63, 3.8) is 0 Å². The average Bonchev–Trinajstić information content (AvgIpc) is 2.51. The number of methoxy groups -OCH3 is 1. The van der Waals surface area contributed by atoms with Crippen LogP contribution in [0.4, 0.5) is 5.69 Å². The van der Waals surface area contributed by atoms with Crippen molar-refractivity contribution in [2.24, 2.45) is 10.7 Å². The third-order valence-electron chi connectivity index (χ3n) is 3.20. The van der Waals surface area contributed by atoms with Gasteiger partial charge in [0.05, 0.1) is 6.61 Å². The number of para-hydroxylation sites is 1. The van der Waals surface area contributed by atoms with Gasteiger partial charge in [0.25, 0.3) is 0 Å². The molecular weight excluding hydrogens is 425 g/mol. The number of nitrogens with zero attached hydrogens (tertiary/aromatic N) is 1. The lowest BCUT2D eigenvalue weighted by Crippen LogP contribution is -2.23. The number of guanidine groups is 1. The lowest BCUT2D eigenvalue weighted by Gasteiger charge is -2.11. The molecule has 0 unspecified atom stereocenters. The number of anilines is 1. The van der Waals surface area contributed by atoms with Gasteiger partial charge in [-0.1, -0.05) is 48.0 Å². The summed E-state index contributed by atoms with van der Waals surface area (Å²) in [5.41, 5.74) is 8.95. The fourth-order valence-corrected chi connectivity index (χ4v) is 2.33. The number of nitrogens with one attached hydrogen (secondary N) is 1. The predicted molar refractivity (Wildman–Crippen MR) is 108 cm³/mol. The Kier molecular flexibility index (Phi) is 8.98. The van der Waals surface area contributed by atoms with E-state index in [1.807, 2.05) is 48.5 Å². The molecule has 2 aromatic rings. The van der Waals surface area contributed by atoms with Crippen molar-refractivity contribution < 1.29 is 4.74 Å². The molecule has 23 heavy (non-hydrogen) atoms. The number of nitrogens with two attached hydrogens (primary N) is 1. The van der Waals surface area contributed by atoms with Crippen LogP contribution in [-0.4, -0.2) is 19.6 Å². The molecule has 0 saturated carbocycles. The van der Waals surface area contributed by atoms with Crippen molar-refractivity contribution in [2.75, 3.05) is 19.0 Å². The maximum atomic E-state index is 6.12. The molecule has 0 spiro atoms. The van der Waals surface area contributed by atoms with Crippen molar-refractivity contribution in [1.82, 2.24) is 0 Å². The van der Waals surface area contributed by atoms with E-state index in [1.54, 1.807) is 7.11 Å². The van der Waals surface area contributed by atoms with Crippen LogP contribution in [0.25, 0.3) is 0 Å². The lowest BCUT2D eigenvalue weighted by molar-refractivity contribution is 0.185. The monoisotopic (exact) mass is 445 g/mol. The second kappa shape index (κ2) is 10.5. The number of aliphatic imine (C=N–C) groups is 1. The molecule has 0 amide bonds. The lowest BCUT2D eigenvalue weighted by atomic mass is 10.1. The molecule has 6 heteroatoms. The Balaban J connectivity index is 0.00000264. The largest absolute Gasteiger partial charge is 0.380 e. The number of hydrogen-bond donors (Lipinski definition) is 2. The topological polar surface area (TPSA) is 59.6 Å². The van der Waals surface area contributed by atoms with Gasteiger partial charge in [-0.15, -0.1) is 24.0 Å². The van der Waals surface area contributed by atoms with E-state index < -0.39 is 0 Å². The van der Waals surface area contributed by atoms with E-state index in [1.165, 1.54) is 0 Å². The van der Waals surface area contributed by atoms with Crippen LogP contribution in [0.3, 0.4) is 0 Å². The second-order valence-electron chi connectivity index (χ2n) is 4.82. The van der Waals surface area contributed by atoms with Gasteiger partial charge in [0.15, 0.2) is 5.96 Å². The summed E-state index contributed by atoms with van der Waals surface area (Å²) >= 11 is 6.12. The molecule has 0 heterocycles. The minimum Gasteiger partial charge on any atom is -0.380 e. The number of halogens is 2. The molecule has 4 nitrogen and oxygen atoms in total. The van der Waals surface area contributed by atoms with Crippen LogP contribution in [-0.2, 0) is 17.8 Å². The van der Waals surface area contributed by atoms with Gasteiger partial charge in [-0.3, -0.25) is 4.99 Å². The van der Waals surface area contributed by atoms with Gasteiger partial charge in [-0.05, 0) is 24.1 Å². The first-order valence-electron chi connectivity index (χ1n) is 7.08. The summed E-state index contributed by atoms with van der Waals surface area (Å²) in [6.07, 6.45) is 0.752. The fourth-order valence-electron chi connectivity index (χ4n) is 2.10. The van der Waals surface area contributed by atoms with Crippen molar-refractivity contribution in [1.29, 1.82) is 0 Å². The van der Waals surface area contributed by atoms with Crippen molar-refractivity contribution in [3.05, 3.63) is 64.7 Å². The Bertz CT molecular complexity index is 649. The van der Waals surface area contributed by atoms with Gasteiger partial charge in [0.1, 0.15) is 0 Å². The van der Waals surface area contributed by atoms with Gasteiger partial charge in [0, 0.05) is 29.9 Å². The molecule has 2 aromatic carbocycles. The predicted octanol–water partition coefficient (Wildman–Crippen LogP) is 4.07. The van der Waals surface area contributed by atoms with Crippen molar-refractivity contribution >= 4 is 47.2 Å². The van der Waals surface area contributed by atoms with Crippen LogP contribution < -0.4 is 11.1 Å². The van der Waals surface area contributed by atoms with Crippen LogP contribution in [0, 0.1) is 0 Å². The average molecular weight is 446 g/mol. The summed E-state index contributed by atoms with van der Waals surface area (Å²) in [6.45, 7) is 1.10. The zero-order valence-corrected chi connectivity index (χ0v) is 16.0. The molecule has 0 radical (unpaired) electrons. The van der Waals surface area contributed by atoms with Crippen LogP contribution in [0.2, 0.25) is 5.02 Å². The van der Waals surface area contributed by atoms with Crippen LogP contribution in [0.5, 0.6) is 0 Å². The van der Waals surface area contributed by atoms with E-state index >= 15 is 0 Å². The molecule has 0 aromatic heterocycles. The zero-order valence-electron chi connectivity index (χ0n) is 13.0. The Morgan fingerprint density at radius 2 is 1.78 bits per heavy atom. The Morgan fingerprint density at radius 3 is 2.48 bits per heavy atom.